The topological polar surface area (TPSA) is 38.3 Å². The average molecular weight is 296 g/mol. The van der Waals surface area contributed by atoms with Crippen LogP contribution in [0.4, 0.5) is 5.69 Å². The second-order valence-corrected chi connectivity index (χ2v) is 6.33. The van der Waals surface area contributed by atoms with Gasteiger partial charge in [0.1, 0.15) is 5.75 Å². The van der Waals surface area contributed by atoms with Crippen molar-refractivity contribution in [3.05, 3.63) is 22.6 Å². The van der Waals surface area contributed by atoms with Crippen molar-refractivity contribution < 1.29 is 9.53 Å². The van der Waals surface area contributed by atoms with Gasteiger partial charge in [0.25, 0.3) is 0 Å². The molecule has 3 nitrogen and oxygen atoms in total. The van der Waals surface area contributed by atoms with Crippen molar-refractivity contribution in [3.8, 4) is 5.75 Å². The molecule has 1 aliphatic rings. The van der Waals surface area contributed by atoms with Gasteiger partial charge in [0.2, 0.25) is 0 Å². The summed E-state index contributed by atoms with van der Waals surface area (Å²) in [7, 11) is 0. The first-order valence-corrected chi connectivity index (χ1v) is 7.50. The van der Waals surface area contributed by atoms with Gasteiger partial charge in [0.15, 0.2) is 0 Å². The summed E-state index contributed by atoms with van der Waals surface area (Å²) in [5.41, 5.74) is 2.30. The van der Waals surface area contributed by atoms with Gasteiger partial charge in [-0.1, -0.05) is 0 Å². The molecule has 2 aromatic rings. The molecule has 0 amide bonds. The Bertz CT molecular complexity index is 665. The zero-order chi connectivity index (χ0) is 13.6. The van der Waals surface area contributed by atoms with Crippen molar-refractivity contribution in [2.75, 3.05) is 17.7 Å². The molecule has 1 atom stereocenters. The lowest BCUT2D eigenvalue weighted by Gasteiger charge is -2.10. The summed E-state index contributed by atoms with van der Waals surface area (Å²) in [6.45, 7) is 4.33. The fraction of sp³-hybridized carbons (Fsp3) is 0.357. The van der Waals surface area contributed by atoms with E-state index < -0.39 is 0 Å². The van der Waals surface area contributed by atoms with Gasteiger partial charge in [0.05, 0.1) is 0 Å². The van der Waals surface area contributed by atoms with E-state index in [0.717, 1.165) is 17.6 Å². The zero-order valence-corrected chi connectivity index (χ0v) is 12.3. The first-order chi connectivity index (χ1) is 9.10. The van der Waals surface area contributed by atoms with Crippen LogP contribution in [0.5, 0.6) is 5.75 Å². The fourth-order valence-electron chi connectivity index (χ4n) is 2.56. The van der Waals surface area contributed by atoms with Crippen LogP contribution >= 0.6 is 22.9 Å². The van der Waals surface area contributed by atoms with Gasteiger partial charge in [-0.3, -0.25) is 4.79 Å². The maximum atomic E-state index is 11.2. The highest BCUT2D eigenvalue weighted by molar-refractivity contribution is 7.19. The fourth-order valence-corrected chi connectivity index (χ4v) is 3.98. The molecule has 1 unspecified atom stereocenters. The largest absolute Gasteiger partial charge is 0.426 e. The predicted molar refractivity (Wildman–Crippen MR) is 79.8 cm³/mol. The van der Waals surface area contributed by atoms with Crippen LogP contribution in [0.25, 0.3) is 10.1 Å². The number of thiophene rings is 1. The number of aryl methyl sites for hydroxylation is 1. The lowest BCUT2D eigenvalue weighted by Crippen LogP contribution is -2.02. The Morgan fingerprint density at radius 3 is 3.05 bits per heavy atom. The van der Waals surface area contributed by atoms with Crippen LogP contribution < -0.4 is 10.1 Å². The summed E-state index contributed by atoms with van der Waals surface area (Å²) in [5, 5.41) is 4.36. The zero-order valence-electron chi connectivity index (χ0n) is 10.7. The third kappa shape index (κ3) is 2.09. The van der Waals surface area contributed by atoms with E-state index in [2.05, 4.69) is 18.3 Å². The highest BCUT2D eigenvalue weighted by Crippen LogP contribution is 2.45. The van der Waals surface area contributed by atoms with Crippen LogP contribution in [0, 0.1) is 6.92 Å². The number of ether oxygens (including phenoxy) is 1. The molecule has 1 aliphatic heterocycles. The van der Waals surface area contributed by atoms with Crippen LogP contribution in [0.15, 0.2) is 12.1 Å². The molecule has 1 aromatic heterocycles. The molecule has 0 radical (unpaired) electrons. The Morgan fingerprint density at radius 1 is 1.58 bits per heavy atom. The SMILES string of the molecule is CC(=O)Oc1cc2c(c3sc(C)cc13)C(CCl)CN2. The van der Waals surface area contributed by atoms with Crippen molar-refractivity contribution in [1.82, 2.24) is 0 Å². The van der Waals surface area contributed by atoms with Gasteiger partial charge in [-0.2, -0.15) is 0 Å². The number of nitrogens with one attached hydrogen (secondary N) is 1. The molecule has 19 heavy (non-hydrogen) atoms. The number of hydrogen-bond donors (Lipinski definition) is 1. The molecule has 0 fully saturated rings. The number of anilines is 1. The minimum Gasteiger partial charge on any atom is -0.426 e. The van der Waals surface area contributed by atoms with E-state index in [1.54, 1.807) is 11.3 Å². The molecule has 0 spiro atoms. The normalized spacial score (nSPS) is 17.3. The minimum absolute atomic E-state index is 0.294. The third-order valence-corrected chi connectivity index (χ3v) is 4.77. The van der Waals surface area contributed by atoms with E-state index in [1.807, 2.05) is 6.07 Å². The molecular weight excluding hydrogens is 282 g/mol. The molecule has 3 rings (SSSR count). The average Bonchev–Trinajstić information content (AvgIpc) is 2.90. The van der Waals surface area contributed by atoms with E-state index in [0.29, 0.717) is 17.5 Å². The number of esters is 1. The Balaban J connectivity index is 2.26. The number of alkyl halides is 1. The second-order valence-electron chi connectivity index (χ2n) is 4.76. The van der Waals surface area contributed by atoms with Crippen molar-refractivity contribution >= 4 is 44.7 Å². The van der Waals surface area contributed by atoms with Crippen molar-refractivity contribution in [1.29, 1.82) is 0 Å². The Kier molecular flexibility index (Phi) is 3.15. The van der Waals surface area contributed by atoms with Gasteiger partial charge < -0.3 is 10.1 Å². The van der Waals surface area contributed by atoms with Crippen LogP contribution in [0.3, 0.4) is 0 Å². The number of fused-ring (bicyclic) bond motifs is 3. The third-order valence-electron chi connectivity index (χ3n) is 3.32. The van der Waals surface area contributed by atoms with E-state index in [-0.39, 0.29) is 5.97 Å². The van der Waals surface area contributed by atoms with Crippen LogP contribution in [-0.4, -0.2) is 18.4 Å². The number of carbonyl (C=O) groups is 1. The highest BCUT2D eigenvalue weighted by atomic mass is 35.5. The van der Waals surface area contributed by atoms with Gasteiger partial charge >= 0.3 is 5.97 Å². The summed E-state index contributed by atoms with van der Waals surface area (Å²) in [5.74, 6) is 1.26. The van der Waals surface area contributed by atoms with Crippen LogP contribution in [-0.2, 0) is 4.79 Å². The molecule has 100 valence electrons. The summed E-state index contributed by atoms with van der Waals surface area (Å²) in [6.07, 6.45) is 0. The molecule has 0 saturated heterocycles. The number of halogens is 1. The Morgan fingerprint density at radius 2 is 2.37 bits per heavy atom. The first-order valence-electron chi connectivity index (χ1n) is 6.15. The number of hydrogen-bond acceptors (Lipinski definition) is 4. The van der Waals surface area contributed by atoms with Crippen molar-refractivity contribution in [3.63, 3.8) is 0 Å². The molecule has 0 aliphatic carbocycles. The standard InChI is InChI=1S/C14H14ClNO2S/c1-7-3-10-12(18-8(2)17)4-11-13(14(10)19-7)9(5-15)6-16-11/h3-4,9,16H,5-6H2,1-2H3. The van der Waals surface area contributed by atoms with Gasteiger partial charge in [0, 0.05) is 52.0 Å². The van der Waals surface area contributed by atoms with Crippen LogP contribution in [0.2, 0.25) is 0 Å². The lowest BCUT2D eigenvalue weighted by molar-refractivity contribution is -0.131. The molecular formula is C14H14ClNO2S. The smallest absolute Gasteiger partial charge is 0.308 e. The maximum Gasteiger partial charge on any atom is 0.308 e. The monoisotopic (exact) mass is 295 g/mol. The number of benzene rings is 1. The van der Waals surface area contributed by atoms with E-state index >= 15 is 0 Å². The second kappa shape index (κ2) is 4.69. The predicted octanol–water partition coefficient (Wildman–Crippen LogP) is 3.88. The number of rotatable bonds is 2. The quantitative estimate of drug-likeness (QED) is 0.519. The maximum absolute atomic E-state index is 11.2. The first kappa shape index (κ1) is 12.8. The lowest BCUT2D eigenvalue weighted by atomic mass is 10.0. The summed E-state index contributed by atoms with van der Waals surface area (Å²) >= 11 is 7.77. The van der Waals surface area contributed by atoms with E-state index in [1.165, 1.54) is 22.1 Å². The van der Waals surface area contributed by atoms with Crippen molar-refractivity contribution in [2.45, 2.75) is 19.8 Å². The number of carbonyl (C=O) groups excluding carboxylic acids is 1. The molecule has 1 N–H and O–H groups in total. The van der Waals surface area contributed by atoms with Crippen LogP contribution in [0.1, 0.15) is 23.3 Å². The van der Waals surface area contributed by atoms with Crippen molar-refractivity contribution in [2.24, 2.45) is 0 Å². The highest BCUT2D eigenvalue weighted by Gasteiger charge is 2.27. The molecule has 0 saturated carbocycles. The Labute approximate surface area is 120 Å². The summed E-state index contributed by atoms with van der Waals surface area (Å²) < 4.78 is 6.51. The summed E-state index contributed by atoms with van der Waals surface area (Å²) in [4.78, 5) is 12.4. The van der Waals surface area contributed by atoms with E-state index in [9.17, 15) is 4.79 Å². The van der Waals surface area contributed by atoms with E-state index in [4.69, 9.17) is 16.3 Å². The molecule has 0 bridgehead atoms. The molecule has 2 heterocycles. The minimum atomic E-state index is -0.294. The molecule has 1 aromatic carbocycles. The van der Waals surface area contributed by atoms with Gasteiger partial charge in [-0.15, -0.1) is 22.9 Å². The summed E-state index contributed by atoms with van der Waals surface area (Å²) in [6, 6.07) is 3.99. The van der Waals surface area contributed by atoms with Gasteiger partial charge in [-0.05, 0) is 18.6 Å². The molecule has 5 heteroatoms. The van der Waals surface area contributed by atoms with Gasteiger partial charge in [-0.25, -0.2) is 0 Å². The Hall–Kier alpha value is -1.26.